The van der Waals surface area contributed by atoms with Gasteiger partial charge in [0, 0.05) is 22.0 Å². The summed E-state index contributed by atoms with van der Waals surface area (Å²) in [5, 5.41) is 7.01. The number of furan rings is 1. The number of rotatable bonds is 6. The fourth-order valence-corrected chi connectivity index (χ4v) is 7.87. The first-order valence-corrected chi connectivity index (χ1v) is 17.8. The zero-order chi connectivity index (χ0) is 34.4. The molecule has 1 aromatic heterocycles. The van der Waals surface area contributed by atoms with E-state index in [2.05, 4.69) is 205 Å². The summed E-state index contributed by atoms with van der Waals surface area (Å²) in [5.74, 6) is 0. The van der Waals surface area contributed by atoms with E-state index in [1.807, 2.05) is 0 Å². The number of hydrogen-bond donors (Lipinski definition) is 0. The Balaban J connectivity index is 1.33. The molecule has 0 fully saturated rings. The maximum absolute atomic E-state index is 6.80. The second-order valence-electron chi connectivity index (χ2n) is 13.3. The third kappa shape index (κ3) is 4.96. The summed E-state index contributed by atoms with van der Waals surface area (Å²) in [4.78, 5) is 2.45. The van der Waals surface area contributed by atoms with Crippen molar-refractivity contribution in [3.05, 3.63) is 200 Å². The predicted octanol–water partition coefficient (Wildman–Crippen LogP) is 14.4. The van der Waals surface area contributed by atoms with Gasteiger partial charge in [-0.2, -0.15) is 0 Å². The van der Waals surface area contributed by atoms with E-state index in [1.165, 1.54) is 43.8 Å². The zero-order valence-corrected chi connectivity index (χ0v) is 28.4. The average Bonchev–Trinajstić information content (AvgIpc) is 3.62. The van der Waals surface area contributed by atoms with Crippen LogP contribution < -0.4 is 4.90 Å². The monoisotopic (exact) mass is 663 g/mol. The Morgan fingerprint density at radius 2 is 0.904 bits per heavy atom. The Bertz CT molecular complexity index is 2890. The molecule has 1 heterocycles. The molecule has 10 rings (SSSR count). The minimum atomic E-state index is 0.870. The summed E-state index contributed by atoms with van der Waals surface area (Å²) in [6.45, 7) is 0. The van der Waals surface area contributed by atoms with Crippen molar-refractivity contribution in [3.63, 3.8) is 0 Å². The van der Waals surface area contributed by atoms with Gasteiger partial charge in [0.05, 0.1) is 16.8 Å². The molecule has 9 aromatic carbocycles. The SMILES string of the molecule is c1ccc(-c2ccc(N(c3cccc4ccc5ccccc5c34)c3ccc(-c4ccccc4)c4oc5ccccc5c34)cc2-c2ccccc2)cc1. The van der Waals surface area contributed by atoms with Crippen LogP contribution in [0.25, 0.3) is 76.9 Å². The van der Waals surface area contributed by atoms with Crippen LogP contribution >= 0.6 is 0 Å². The molecule has 0 aliphatic carbocycles. The molecule has 52 heavy (non-hydrogen) atoms. The molecule has 2 nitrogen and oxygen atoms in total. The standard InChI is InChI=1S/C50H33NO/c1-4-15-34(16-5-1)40-30-29-39(33-44(40)36-19-8-3-9-20-36)51(45-25-14-22-38-28-27-37-21-10-11-23-41(37)48(38)45)46-32-31-42(35-17-6-2-7-18-35)50-49(46)43-24-12-13-26-47(43)52-50/h1-33H. The molecule has 0 aliphatic heterocycles. The number of anilines is 3. The summed E-state index contributed by atoms with van der Waals surface area (Å²) < 4.78 is 6.80. The minimum Gasteiger partial charge on any atom is -0.455 e. The lowest BCUT2D eigenvalue weighted by atomic mass is 9.93. The first kappa shape index (κ1) is 30.0. The van der Waals surface area contributed by atoms with Gasteiger partial charge in [0.1, 0.15) is 11.2 Å². The minimum absolute atomic E-state index is 0.870. The van der Waals surface area contributed by atoms with Gasteiger partial charge in [-0.05, 0) is 80.4 Å². The molecular formula is C50H33NO. The van der Waals surface area contributed by atoms with E-state index in [0.717, 1.165) is 50.1 Å². The first-order valence-electron chi connectivity index (χ1n) is 17.8. The summed E-state index contributed by atoms with van der Waals surface area (Å²) in [5.41, 5.74) is 11.9. The Hall–Kier alpha value is -6.90. The van der Waals surface area contributed by atoms with E-state index < -0.39 is 0 Å². The number of fused-ring (bicyclic) bond motifs is 6. The Labute approximate surface area is 302 Å². The molecule has 244 valence electrons. The molecular weight excluding hydrogens is 631 g/mol. The number of para-hydroxylation sites is 1. The van der Waals surface area contributed by atoms with Crippen molar-refractivity contribution >= 4 is 60.5 Å². The van der Waals surface area contributed by atoms with E-state index in [0.29, 0.717) is 0 Å². The highest BCUT2D eigenvalue weighted by Crippen LogP contribution is 2.49. The van der Waals surface area contributed by atoms with Crippen molar-refractivity contribution in [2.24, 2.45) is 0 Å². The molecule has 0 saturated heterocycles. The molecule has 0 saturated carbocycles. The highest BCUT2D eigenvalue weighted by atomic mass is 16.3. The zero-order valence-electron chi connectivity index (χ0n) is 28.4. The molecule has 0 bridgehead atoms. The fraction of sp³-hybridized carbons (Fsp3) is 0. The average molecular weight is 664 g/mol. The summed E-state index contributed by atoms with van der Waals surface area (Å²) in [6, 6.07) is 71.7. The van der Waals surface area contributed by atoms with E-state index in [1.54, 1.807) is 0 Å². The third-order valence-electron chi connectivity index (χ3n) is 10.2. The van der Waals surface area contributed by atoms with E-state index >= 15 is 0 Å². The van der Waals surface area contributed by atoms with Gasteiger partial charge in [-0.1, -0.05) is 164 Å². The van der Waals surface area contributed by atoms with Gasteiger partial charge < -0.3 is 9.32 Å². The summed E-state index contributed by atoms with van der Waals surface area (Å²) >= 11 is 0. The molecule has 0 amide bonds. The molecule has 0 aliphatic rings. The number of hydrogen-bond acceptors (Lipinski definition) is 2. The van der Waals surface area contributed by atoms with Crippen LogP contribution in [-0.4, -0.2) is 0 Å². The maximum atomic E-state index is 6.80. The molecule has 0 N–H and O–H groups in total. The van der Waals surface area contributed by atoms with Crippen molar-refractivity contribution < 1.29 is 4.42 Å². The predicted molar refractivity (Wildman–Crippen MR) is 220 cm³/mol. The highest BCUT2D eigenvalue weighted by Gasteiger charge is 2.24. The van der Waals surface area contributed by atoms with Crippen LogP contribution in [0.1, 0.15) is 0 Å². The molecule has 2 heteroatoms. The molecule has 0 radical (unpaired) electrons. The van der Waals surface area contributed by atoms with E-state index in [-0.39, 0.29) is 0 Å². The number of nitrogens with zero attached hydrogens (tertiary/aromatic N) is 1. The Morgan fingerprint density at radius 3 is 1.65 bits per heavy atom. The molecule has 0 unspecified atom stereocenters. The Kier molecular flexibility index (Phi) is 7.18. The van der Waals surface area contributed by atoms with Gasteiger partial charge >= 0.3 is 0 Å². The van der Waals surface area contributed by atoms with Crippen molar-refractivity contribution in [1.82, 2.24) is 0 Å². The second-order valence-corrected chi connectivity index (χ2v) is 13.3. The second kappa shape index (κ2) is 12.5. The van der Waals surface area contributed by atoms with Crippen LogP contribution in [0.4, 0.5) is 17.1 Å². The molecule has 0 spiro atoms. The van der Waals surface area contributed by atoms with Crippen LogP contribution in [0.3, 0.4) is 0 Å². The van der Waals surface area contributed by atoms with Crippen LogP contribution in [0.2, 0.25) is 0 Å². The number of benzene rings is 9. The van der Waals surface area contributed by atoms with Crippen LogP contribution in [0, 0.1) is 0 Å². The first-order chi connectivity index (χ1) is 25.8. The van der Waals surface area contributed by atoms with Gasteiger partial charge in [0.25, 0.3) is 0 Å². The van der Waals surface area contributed by atoms with Crippen molar-refractivity contribution in [1.29, 1.82) is 0 Å². The Morgan fingerprint density at radius 1 is 0.346 bits per heavy atom. The fourth-order valence-electron chi connectivity index (χ4n) is 7.87. The van der Waals surface area contributed by atoms with Gasteiger partial charge in [-0.15, -0.1) is 0 Å². The van der Waals surface area contributed by atoms with Crippen molar-refractivity contribution in [2.45, 2.75) is 0 Å². The van der Waals surface area contributed by atoms with E-state index in [9.17, 15) is 0 Å². The summed E-state index contributed by atoms with van der Waals surface area (Å²) in [6.07, 6.45) is 0. The largest absolute Gasteiger partial charge is 0.455 e. The smallest absolute Gasteiger partial charge is 0.145 e. The topological polar surface area (TPSA) is 16.4 Å². The van der Waals surface area contributed by atoms with Gasteiger partial charge in [-0.25, -0.2) is 0 Å². The normalized spacial score (nSPS) is 11.5. The highest BCUT2D eigenvalue weighted by molar-refractivity contribution is 6.20. The van der Waals surface area contributed by atoms with Gasteiger partial charge in [0.2, 0.25) is 0 Å². The third-order valence-corrected chi connectivity index (χ3v) is 10.2. The van der Waals surface area contributed by atoms with Crippen LogP contribution in [-0.2, 0) is 0 Å². The lowest BCUT2D eigenvalue weighted by Gasteiger charge is -2.29. The molecule has 0 atom stereocenters. The lowest BCUT2D eigenvalue weighted by Crippen LogP contribution is -2.11. The van der Waals surface area contributed by atoms with E-state index in [4.69, 9.17) is 4.42 Å². The van der Waals surface area contributed by atoms with Crippen LogP contribution in [0.5, 0.6) is 0 Å². The maximum Gasteiger partial charge on any atom is 0.145 e. The van der Waals surface area contributed by atoms with Crippen molar-refractivity contribution in [2.75, 3.05) is 4.90 Å². The van der Waals surface area contributed by atoms with Gasteiger partial charge in [0.15, 0.2) is 0 Å². The lowest BCUT2D eigenvalue weighted by molar-refractivity contribution is 0.670. The molecule has 10 aromatic rings. The van der Waals surface area contributed by atoms with Crippen LogP contribution in [0.15, 0.2) is 205 Å². The quantitative estimate of drug-likeness (QED) is 0.165. The van der Waals surface area contributed by atoms with Crippen molar-refractivity contribution in [3.8, 4) is 33.4 Å². The summed E-state index contributed by atoms with van der Waals surface area (Å²) in [7, 11) is 0. The van der Waals surface area contributed by atoms with Gasteiger partial charge in [-0.3, -0.25) is 0 Å².